The van der Waals surface area contributed by atoms with E-state index in [0.29, 0.717) is 23.5 Å². The monoisotopic (exact) mass is 405 g/mol. The molecule has 4 rings (SSSR count). The fourth-order valence-electron chi connectivity index (χ4n) is 2.94. The van der Waals surface area contributed by atoms with Crippen LogP contribution in [0.2, 0.25) is 0 Å². The van der Waals surface area contributed by atoms with Crippen molar-refractivity contribution < 1.29 is 4.92 Å². The maximum atomic E-state index is 10.8. The topological polar surface area (TPSA) is 134 Å². The molecule has 1 aliphatic rings. The Morgan fingerprint density at radius 2 is 1.70 bits per heavy atom. The van der Waals surface area contributed by atoms with E-state index in [0.717, 1.165) is 31.5 Å². The quantitative estimate of drug-likeness (QED) is 0.345. The number of rotatable bonds is 7. The van der Waals surface area contributed by atoms with Gasteiger partial charge in [0.2, 0.25) is 17.8 Å². The van der Waals surface area contributed by atoms with Gasteiger partial charge in [-0.2, -0.15) is 20.1 Å². The van der Waals surface area contributed by atoms with Gasteiger partial charge in [-0.05, 0) is 42.7 Å². The zero-order chi connectivity index (χ0) is 20.8. The summed E-state index contributed by atoms with van der Waals surface area (Å²) >= 11 is 0. The third-order valence-corrected chi connectivity index (χ3v) is 4.43. The van der Waals surface area contributed by atoms with E-state index in [1.54, 1.807) is 30.7 Å². The first-order valence-corrected chi connectivity index (χ1v) is 9.39. The molecule has 1 aliphatic heterocycles. The normalized spacial score (nSPS) is 13.5. The summed E-state index contributed by atoms with van der Waals surface area (Å²) in [6, 6.07) is 9.70. The molecular weight excluding hydrogens is 386 g/mol. The van der Waals surface area contributed by atoms with Crippen molar-refractivity contribution in [3.8, 4) is 0 Å². The summed E-state index contributed by atoms with van der Waals surface area (Å²) in [4.78, 5) is 29.8. The van der Waals surface area contributed by atoms with E-state index in [1.807, 2.05) is 12.1 Å². The molecule has 0 atom stereocenters. The van der Waals surface area contributed by atoms with Crippen LogP contribution in [-0.2, 0) is 0 Å². The number of hydrazone groups is 1. The van der Waals surface area contributed by atoms with Gasteiger partial charge in [-0.15, -0.1) is 0 Å². The van der Waals surface area contributed by atoms with Gasteiger partial charge in [-0.3, -0.25) is 15.1 Å². The molecule has 11 nitrogen and oxygen atoms in total. The molecule has 3 heterocycles. The van der Waals surface area contributed by atoms with Crippen LogP contribution >= 0.6 is 0 Å². The maximum Gasteiger partial charge on any atom is 0.269 e. The lowest BCUT2D eigenvalue weighted by Gasteiger charge is -2.16. The molecule has 3 aromatic rings. The Hall–Kier alpha value is -4.15. The number of non-ortho nitro benzene ring substituents is 1. The number of benzene rings is 1. The second-order valence-electron chi connectivity index (χ2n) is 6.56. The minimum Gasteiger partial charge on any atom is -0.341 e. The van der Waals surface area contributed by atoms with E-state index in [-0.39, 0.29) is 5.69 Å². The summed E-state index contributed by atoms with van der Waals surface area (Å²) in [5.41, 5.74) is 4.37. The Morgan fingerprint density at radius 3 is 2.40 bits per heavy atom. The molecule has 0 spiro atoms. The number of pyridine rings is 1. The summed E-state index contributed by atoms with van der Waals surface area (Å²) in [5, 5.41) is 18.1. The van der Waals surface area contributed by atoms with Crippen LogP contribution in [0.5, 0.6) is 0 Å². The van der Waals surface area contributed by atoms with Crippen molar-refractivity contribution in [1.82, 2.24) is 19.9 Å². The SMILES string of the molecule is O=[N+]([O-])c1ccc(Nc2nc(N/N=C\c3ccncc3)nc(N3CCCC3)n2)cc1. The van der Waals surface area contributed by atoms with Crippen LogP contribution in [-0.4, -0.2) is 44.2 Å². The molecule has 1 fully saturated rings. The molecule has 0 amide bonds. The first kappa shape index (κ1) is 19.2. The number of nitrogens with zero attached hydrogens (tertiary/aromatic N) is 7. The zero-order valence-corrected chi connectivity index (χ0v) is 16.0. The molecule has 2 aromatic heterocycles. The van der Waals surface area contributed by atoms with Crippen LogP contribution in [0.15, 0.2) is 53.9 Å². The summed E-state index contributed by atoms with van der Waals surface area (Å²) in [6.07, 6.45) is 7.17. The van der Waals surface area contributed by atoms with Crippen molar-refractivity contribution in [1.29, 1.82) is 0 Å². The number of nitro groups is 1. The van der Waals surface area contributed by atoms with Gasteiger partial charge >= 0.3 is 0 Å². The minimum atomic E-state index is -0.443. The van der Waals surface area contributed by atoms with Gasteiger partial charge in [0.1, 0.15) is 0 Å². The smallest absolute Gasteiger partial charge is 0.269 e. The number of hydrogen-bond donors (Lipinski definition) is 2. The van der Waals surface area contributed by atoms with Gasteiger partial charge < -0.3 is 10.2 Å². The highest BCUT2D eigenvalue weighted by Gasteiger charge is 2.17. The molecule has 0 unspecified atom stereocenters. The maximum absolute atomic E-state index is 10.8. The predicted molar refractivity (Wildman–Crippen MR) is 113 cm³/mol. The lowest BCUT2D eigenvalue weighted by atomic mass is 10.3. The Balaban J connectivity index is 1.55. The van der Waals surface area contributed by atoms with Crippen molar-refractivity contribution >= 4 is 35.4 Å². The Morgan fingerprint density at radius 1 is 1.00 bits per heavy atom. The molecule has 0 radical (unpaired) electrons. The Kier molecular flexibility index (Phi) is 5.69. The Labute approximate surface area is 172 Å². The lowest BCUT2D eigenvalue weighted by molar-refractivity contribution is -0.384. The highest BCUT2D eigenvalue weighted by Crippen LogP contribution is 2.22. The molecule has 30 heavy (non-hydrogen) atoms. The highest BCUT2D eigenvalue weighted by atomic mass is 16.6. The summed E-state index contributed by atoms with van der Waals surface area (Å²) in [5.74, 6) is 1.16. The molecule has 2 N–H and O–H groups in total. The zero-order valence-electron chi connectivity index (χ0n) is 16.0. The van der Waals surface area contributed by atoms with E-state index in [2.05, 4.69) is 40.7 Å². The fraction of sp³-hybridized carbons (Fsp3) is 0.211. The van der Waals surface area contributed by atoms with Crippen LogP contribution in [0.25, 0.3) is 0 Å². The molecular formula is C19H19N9O2. The van der Waals surface area contributed by atoms with Gasteiger partial charge in [-0.25, -0.2) is 5.43 Å². The standard InChI is InChI=1S/C19H19N9O2/c29-28(30)16-5-3-15(4-6-16)22-17-23-18(25-19(24-17)27-11-1-2-12-27)26-21-13-14-7-9-20-10-8-14/h3-10,13H,1-2,11-12H2,(H2,22,23,24,25,26)/b21-13-. The lowest BCUT2D eigenvalue weighted by Crippen LogP contribution is -2.21. The third kappa shape index (κ3) is 4.82. The van der Waals surface area contributed by atoms with Gasteiger partial charge in [0.05, 0.1) is 11.1 Å². The molecule has 0 aliphatic carbocycles. The summed E-state index contributed by atoms with van der Waals surface area (Å²) in [6.45, 7) is 1.75. The van der Waals surface area contributed by atoms with E-state index in [4.69, 9.17) is 0 Å². The van der Waals surface area contributed by atoms with Gasteiger partial charge in [0.15, 0.2) is 0 Å². The van der Waals surface area contributed by atoms with Crippen LogP contribution < -0.4 is 15.6 Å². The van der Waals surface area contributed by atoms with Gasteiger partial charge in [0, 0.05) is 43.3 Å². The highest BCUT2D eigenvalue weighted by molar-refractivity contribution is 5.79. The third-order valence-electron chi connectivity index (χ3n) is 4.43. The van der Waals surface area contributed by atoms with E-state index in [9.17, 15) is 10.1 Å². The van der Waals surface area contributed by atoms with Crippen molar-refractivity contribution in [3.63, 3.8) is 0 Å². The summed E-state index contributed by atoms with van der Waals surface area (Å²) < 4.78 is 0. The first-order chi connectivity index (χ1) is 14.7. The van der Waals surface area contributed by atoms with Crippen LogP contribution in [0.4, 0.5) is 29.2 Å². The van der Waals surface area contributed by atoms with Crippen molar-refractivity contribution in [2.75, 3.05) is 28.7 Å². The summed E-state index contributed by atoms with van der Waals surface area (Å²) in [7, 11) is 0. The van der Waals surface area contributed by atoms with Crippen LogP contribution in [0.3, 0.4) is 0 Å². The average Bonchev–Trinajstić information content (AvgIpc) is 3.30. The predicted octanol–water partition coefficient (Wildman–Crippen LogP) is 2.96. The van der Waals surface area contributed by atoms with E-state index < -0.39 is 4.92 Å². The van der Waals surface area contributed by atoms with E-state index in [1.165, 1.54) is 12.1 Å². The second kappa shape index (κ2) is 8.90. The molecule has 1 aromatic carbocycles. The first-order valence-electron chi connectivity index (χ1n) is 9.39. The van der Waals surface area contributed by atoms with Crippen LogP contribution in [0, 0.1) is 10.1 Å². The average molecular weight is 405 g/mol. The molecule has 1 saturated heterocycles. The molecule has 0 saturated carbocycles. The molecule has 11 heteroatoms. The number of hydrogen-bond acceptors (Lipinski definition) is 10. The van der Waals surface area contributed by atoms with Gasteiger partial charge in [-0.1, -0.05) is 0 Å². The molecule has 152 valence electrons. The van der Waals surface area contributed by atoms with E-state index >= 15 is 0 Å². The Bertz CT molecular complexity index is 1040. The number of nitro benzene ring substituents is 1. The number of nitrogens with one attached hydrogen (secondary N) is 2. The second-order valence-corrected chi connectivity index (χ2v) is 6.56. The van der Waals surface area contributed by atoms with Crippen LogP contribution in [0.1, 0.15) is 18.4 Å². The van der Waals surface area contributed by atoms with Crippen molar-refractivity contribution in [3.05, 3.63) is 64.5 Å². The van der Waals surface area contributed by atoms with Crippen molar-refractivity contribution in [2.24, 2.45) is 5.10 Å². The molecule has 0 bridgehead atoms. The fourth-order valence-corrected chi connectivity index (χ4v) is 2.94. The van der Waals surface area contributed by atoms with Crippen molar-refractivity contribution in [2.45, 2.75) is 12.8 Å². The number of anilines is 4. The number of aromatic nitrogens is 4. The largest absolute Gasteiger partial charge is 0.341 e. The van der Waals surface area contributed by atoms with Gasteiger partial charge in [0.25, 0.3) is 5.69 Å². The minimum absolute atomic E-state index is 0.0155.